The zero-order valence-electron chi connectivity index (χ0n) is 19.7. The van der Waals surface area contributed by atoms with Crippen LogP contribution in [0.5, 0.6) is 0 Å². The van der Waals surface area contributed by atoms with E-state index in [2.05, 4.69) is 22.0 Å². The second-order valence-electron chi connectivity index (χ2n) is 9.81. The predicted molar refractivity (Wildman–Crippen MR) is 124 cm³/mol. The molecule has 1 saturated carbocycles. The first-order valence-corrected chi connectivity index (χ1v) is 12.3. The Morgan fingerprint density at radius 2 is 1.97 bits per heavy atom. The van der Waals surface area contributed by atoms with Gasteiger partial charge in [-0.25, -0.2) is 8.78 Å². The average Bonchev–Trinajstić information content (AvgIpc) is 2.86. The zero-order chi connectivity index (χ0) is 25.1. The quantitative estimate of drug-likeness (QED) is 0.547. The number of nitriles is 1. The molecule has 1 aromatic carbocycles. The van der Waals surface area contributed by atoms with E-state index in [9.17, 15) is 28.4 Å². The van der Waals surface area contributed by atoms with Crippen molar-refractivity contribution in [2.24, 2.45) is 11.8 Å². The highest BCUT2D eigenvalue weighted by molar-refractivity contribution is 5.92. The molecular weight excluding hydrogens is 456 g/mol. The summed E-state index contributed by atoms with van der Waals surface area (Å²) in [6.45, 7) is 2.18. The van der Waals surface area contributed by atoms with Crippen molar-refractivity contribution in [2.45, 2.75) is 76.0 Å². The molecule has 188 valence electrons. The van der Waals surface area contributed by atoms with Crippen LogP contribution in [0, 0.1) is 34.8 Å². The van der Waals surface area contributed by atoms with Crippen molar-refractivity contribution in [1.82, 2.24) is 15.5 Å². The first kappa shape index (κ1) is 24.9. The summed E-state index contributed by atoms with van der Waals surface area (Å²) in [5.74, 6) is -2.56. The lowest BCUT2D eigenvalue weighted by atomic mass is 9.74. The van der Waals surface area contributed by atoms with Gasteiger partial charge < -0.3 is 20.9 Å². The van der Waals surface area contributed by atoms with Gasteiger partial charge in [0.2, 0.25) is 17.7 Å². The third-order valence-electron chi connectivity index (χ3n) is 7.47. The average molecular weight is 488 g/mol. The van der Waals surface area contributed by atoms with E-state index in [1.54, 1.807) is 11.8 Å². The molecule has 2 bridgehead atoms. The number of carbonyl (C=O) groups is 3. The number of hydrogen-bond donors (Lipinski definition) is 3. The van der Waals surface area contributed by atoms with Crippen LogP contribution in [-0.2, 0) is 14.4 Å². The van der Waals surface area contributed by atoms with Crippen molar-refractivity contribution < 1.29 is 23.2 Å². The second kappa shape index (κ2) is 10.6. The highest BCUT2D eigenvalue weighted by atomic mass is 19.1. The van der Waals surface area contributed by atoms with E-state index in [1.807, 2.05) is 0 Å². The van der Waals surface area contributed by atoms with Gasteiger partial charge in [0.1, 0.15) is 29.8 Å². The van der Waals surface area contributed by atoms with Crippen LogP contribution in [0.15, 0.2) is 18.2 Å². The maximum Gasteiger partial charge on any atom is 0.245 e. The summed E-state index contributed by atoms with van der Waals surface area (Å²) in [5, 5.41) is 18.0. The third-order valence-corrected chi connectivity index (χ3v) is 7.47. The van der Waals surface area contributed by atoms with Crippen molar-refractivity contribution in [3.8, 4) is 6.07 Å². The number of benzene rings is 1. The molecule has 0 unspecified atom stereocenters. The summed E-state index contributed by atoms with van der Waals surface area (Å²) < 4.78 is 27.7. The van der Waals surface area contributed by atoms with Crippen LogP contribution in [0.1, 0.15) is 51.9 Å². The smallest absolute Gasteiger partial charge is 0.245 e. The molecule has 1 aliphatic carbocycles. The van der Waals surface area contributed by atoms with E-state index in [4.69, 9.17) is 0 Å². The van der Waals surface area contributed by atoms with E-state index < -0.39 is 35.7 Å². The Hall–Kier alpha value is -3.22. The van der Waals surface area contributed by atoms with E-state index in [0.717, 1.165) is 50.3 Å². The number of rotatable bonds is 7. The highest BCUT2D eigenvalue weighted by Gasteiger charge is 2.48. The van der Waals surface area contributed by atoms with Gasteiger partial charge in [0.25, 0.3) is 0 Å². The summed E-state index contributed by atoms with van der Waals surface area (Å²) in [7, 11) is 0. The number of fused-ring (bicyclic) bond motifs is 3. The predicted octanol–water partition coefficient (Wildman–Crippen LogP) is 2.46. The van der Waals surface area contributed by atoms with Gasteiger partial charge in [0.05, 0.1) is 11.8 Å². The lowest BCUT2D eigenvalue weighted by molar-refractivity contribution is -0.154. The topological polar surface area (TPSA) is 114 Å². The molecule has 0 radical (unpaired) electrons. The standard InChI is InChI=1S/C25H31F2N5O3/c1-14(30-21-12-17(26)6-9-20(21)27)25(35)32-19-7-4-15(5-8-19)22(32)24(34)31-18(13-28)11-16-3-2-10-29-23(16)33/h6,9,12,14-16,18-19,22,30H,2-5,7-8,10-11H2,1H3,(H,29,33)(H,31,34)/t14-,15?,16+,18+,19?,22+/m0/s1. The lowest BCUT2D eigenvalue weighted by Crippen LogP contribution is -2.65. The first-order chi connectivity index (χ1) is 16.8. The molecule has 3 aliphatic heterocycles. The summed E-state index contributed by atoms with van der Waals surface area (Å²) in [6.07, 6.45) is 4.85. The van der Waals surface area contributed by atoms with Crippen molar-refractivity contribution in [2.75, 3.05) is 11.9 Å². The highest BCUT2D eigenvalue weighted by Crippen LogP contribution is 2.40. The maximum absolute atomic E-state index is 14.1. The molecule has 3 amide bonds. The van der Waals surface area contributed by atoms with Crippen molar-refractivity contribution in [3.63, 3.8) is 0 Å². The lowest BCUT2D eigenvalue weighted by Gasteiger charge is -2.51. The van der Waals surface area contributed by atoms with E-state index >= 15 is 0 Å². The van der Waals surface area contributed by atoms with Crippen LogP contribution in [0.2, 0.25) is 0 Å². The second-order valence-corrected chi connectivity index (χ2v) is 9.81. The van der Waals surface area contributed by atoms with Gasteiger partial charge >= 0.3 is 0 Å². The van der Waals surface area contributed by atoms with Gasteiger partial charge in [-0.3, -0.25) is 14.4 Å². The van der Waals surface area contributed by atoms with Gasteiger partial charge in [-0.05, 0) is 76.0 Å². The summed E-state index contributed by atoms with van der Waals surface area (Å²) >= 11 is 0. The van der Waals surface area contributed by atoms with Crippen LogP contribution in [0.4, 0.5) is 14.5 Å². The van der Waals surface area contributed by atoms with Gasteiger partial charge in [-0.2, -0.15) is 5.26 Å². The number of anilines is 1. The minimum atomic E-state index is -0.890. The van der Waals surface area contributed by atoms with Crippen LogP contribution in [-0.4, -0.2) is 53.3 Å². The van der Waals surface area contributed by atoms with Crippen molar-refractivity contribution in [3.05, 3.63) is 29.8 Å². The molecule has 4 aliphatic rings. The monoisotopic (exact) mass is 487 g/mol. The molecule has 3 heterocycles. The van der Waals surface area contributed by atoms with Crippen molar-refractivity contribution in [1.29, 1.82) is 5.26 Å². The normalized spacial score (nSPS) is 27.4. The van der Waals surface area contributed by atoms with Gasteiger partial charge in [-0.15, -0.1) is 0 Å². The number of carbonyl (C=O) groups excluding carboxylic acids is 3. The van der Waals surface area contributed by atoms with Gasteiger partial charge in [-0.1, -0.05) is 0 Å². The number of nitrogens with zero attached hydrogens (tertiary/aromatic N) is 2. The molecule has 3 N–H and O–H groups in total. The first-order valence-electron chi connectivity index (χ1n) is 12.3. The molecule has 1 aromatic rings. The Kier molecular flexibility index (Phi) is 7.53. The number of hydrogen-bond acceptors (Lipinski definition) is 5. The zero-order valence-corrected chi connectivity index (χ0v) is 19.7. The Bertz CT molecular complexity index is 1020. The molecular formula is C25H31F2N5O3. The van der Waals surface area contributed by atoms with Crippen molar-refractivity contribution >= 4 is 23.4 Å². The van der Waals surface area contributed by atoms with Gasteiger partial charge in [0, 0.05) is 18.5 Å². The fraction of sp³-hybridized carbons (Fsp3) is 0.600. The summed E-state index contributed by atoms with van der Waals surface area (Å²) in [6, 6.07) is 2.46. The summed E-state index contributed by atoms with van der Waals surface area (Å²) in [4.78, 5) is 40.5. The van der Waals surface area contributed by atoms with Crippen LogP contribution in [0.25, 0.3) is 0 Å². The SMILES string of the molecule is C[C@H](Nc1cc(F)ccc1F)C(=O)N1C2CCC(CC2)[C@@H]1C(=O)N[C@@H](C#N)C[C@H]1CCCNC1=O. The van der Waals surface area contributed by atoms with E-state index in [0.29, 0.717) is 13.0 Å². The third kappa shape index (κ3) is 5.39. The van der Waals surface area contributed by atoms with Gasteiger partial charge in [0.15, 0.2) is 0 Å². The minimum Gasteiger partial charge on any atom is -0.371 e. The molecule has 4 fully saturated rings. The Labute approximate surface area is 203 Å². The minimum absolute atomic E-state index is 0.0422. The molecule has 8 nitrogen and oxygen atoms in total. The number of piperidine rings is 3. The molecule has 4 atom stereocenters. The Balaban J connectivity index is 1.47. The molecule has 5 rings (SSSR count). The molecule has 35 heavy (non-hydrogen) atoms. The number of nitrogens with one attached hydrogen (secondary N) is 3. The largest absolute Gasteiger partial charge is 0.371 e. The summed E-state index contributed by atoms with van der Waals surface area (Å²) in [5.41, 5.74) is -0.121. The Morgan fingerprint density at radius 1 is 1.23 bits per heavy atom. The maximum atomic E-state index is 14.1. The number of halogens is 2. The molecule has 0 aromatic heterocycles. The fourth-order valence-corrected chi connectivity index (χ4v) is 5.68. The number of amides is 3. The van der Waals surface area contributed by atoms with E-state index in [-0.39, 0.29) is 41.8 Å². The molecule has 10 heteroatoms. The molecule has 0 spiro atoms. The van der Waals surface area contributed by atoms with Crippen LogP contribution in [0.3, 0.4) is 0 Å². The fourth-order valence-electron chi connectivity index (χ4n) is 5.68. The van der Waals surface area contributed by atoms with E-state index in [1.165, 1.54) is 0 Å². The Morgan fingerprint density at radius 3 is 2.66 bits per heavy atom. The van der Waals surface area contributed by atoms with Crippen LogP contribution >= 0.6 is 0 Å². The molecule has 3 saturated heterocycles. The van der Waals surface area contributed by atoms with Crippen LogP contribution < -0.4 is 16.0 Å².